The van der Waals surface area contributed by atoms with Crippen molar-refractivity contribution in [2.45, 2.75) is 6.92 Å². The van der Waals surface area contributed by atoms with E-state index in [9.17, 15) is 0 Å². The molecule has 0 aliphatic heterocycles. The van der Waals surface area contributed by atoms with Crippen molar-refractivity contribution in [2.24, 2.45) is 10.7 Å². The van der Waals surface area contributed by atoms with Gasteiger partial charge in [0.1, 0.15) is 0 Å². The van der Waals surface area contributed by atoms with Crippen LogP contribution in [0.4, 0.5) is 0 Å². The summed E-state index contributed by atoms with van der Waals surface area (Å²) in [5.41, 5.74) is 7.71. The highest BCUT2D eigenvalue weighted by Gasteiger charge is 2.02. The van der Waals surface area contributed by atoms with Crippen molar-refractivity contribution in [3.63, 3.8) is 0 Å². The van der Waals surface area contributed by atoms with Crippen LogP contribution < -0.4 is 5.73 Å². The van der Waals surface area contributed by atoms with Gasteiger partial charge in [-0.05, 0) is 18.6 Å². The van der Waals surface area contributed by atoms with Gasteiger partial charge in [0.25, 0.3) is 0 Å². The van der Waals surface area contributed by atoms with E-state index in [2.05, 4.69) is 15.0 Å². The van der Waals surface area contributed by atoms with E-state index >= 15 is 0 Å². The van der Waals surface area contributed by atoms with Gasteiger partial charge in [0.05, 0.1) is 5.52 Å². The van der Waals surface area contributed by atoms with Crippen LogP contribution in [0.5, 0.6) is 0 Å². The lowest BCUT2D eigenvalue weighted by Gasteiger charge is -2.01. The van der Waals surface area contributed by atoms with E-state index < -0.39 is 0 Å². The molecule has 1 aromatic heterocycles. The molecule has 0 saturated carbocycles. The summed E-state index contributed by atoms with van der Waals surface area (Å²) >= 11 is 0. The quantitative estimate of drug-likeness (QED) is 0.557. The number of benzene rings is 1. The van der Waals surface area contributed by atoms with Gasteiger partial charge in [-0.3, -0.25) is 4.99 Å². The average molecular weight is 200 g/mol. The summed E-state index contributed by atoms with van der Waals surface area (Å²) in [6.45, 7) is 2.03. The number of aromatic nitrogens is 2. The van der Waals surface area contributed by atoms with Crippen LogP contribution in [0.3, 0.4) is 0 Å². The van der Waals surface area contributed by atoms with Gasteiger partial charge in [-0.25, -0.2) is 9.97 Å². The van der Waals surface area contributed by atoms with Gasteiger partial charge in [0, 0.05) is 18.6 Å². The van der Waals surface area contributed by atoms with Crippen molar-refractivity contribution < 1.29 is 0 Å². The van der Waals surface area contributed by atoms with Crippen LogP contribution in [0.25, 0.3) is 10.9 Å². The van der Waals surface area contributed by atoms with Crippen molar-refractivity contribution in [2.75, 3.05) is 7.05 Å². The fourth-order valence-electron chi connectivity index (χ4n) is 1.36. The van der Waals surface area contributed by atoms with Gasteiger partial charge >= 0.3 is 0 Å². The molecule has 0 unspecified atom stereocenters. The van der Waals surface area contributed by atoms with Gasteiger partial charge < -0.3 is 5.73 Å². The summed E-state index contributed by atoms with van der Waals surface area (Å²) in [7, 11) is 1.62. The lowest BCUT2D eigenvalue weighted by Crippen LogP contribution is -2.16. The minimum absolute atomic E-state index is 0.360. The Hall–Kier alpha value is -1.97. The molecule has 0 aliphatic carbocycles. The lowest BCUT2D eigenvalue weighted by molar-refractivity contribution is 1.16. The molecule has 0 fully saturated rings. The molecule has 4 heteroatoms. The van der Waals surface area contributed by atoms with Crippen molar-refractivity contribution >= 4 is 16.7 Å². The van der Waals surface area contributed by atoms with Crippen molar-refractivity contribution in [3.05, 3.63) is 35.8 Å². The number of fused-ring (bicyclic) bond motifs is 1. The van der Waals surface area contributed by atoms with E-state index in [1.165, 1.54) is 5.56 Å². The zero-order valence-corrected chi connectivity index (χ0v) is 8.73. The predicted molar refractivity (Wildman–Crippen MR) is 60.9 cm³/mol. The number of amidine groups is 1. The smallest absolute Gasteiger partial charge is 0.195 e. The Morgan fingerprint density at radius 3 is 2.93 bits per heavy atom. The molecule has 0 spiro atoms. The molecule has 0 saturated heterocycles. The normalized spacial score (nSPS) is 12.0. The molecule has 15 heavy (non-hydrogen) atoms. The first-order valence-electron chi connectivity index (χ1n) is 4.67. The highest BCUT2D eigenvalue weighted by atomic mass is 15.0. The number of nitrogens with zero attached hydrogens (tertiary/aromatic N) is 3. The molecule has 0 aliphatic rings. The Kier molecular flexibility index (Phi) is 2.33. The van der Waals surface area contributed by atoms with Crippen molar-refractivity contribution in [3.8, 4) is 0 Å². The van der Waals surface area contributed by atoms with E-state index in [0.29, 0.717) is 11.7 Å². The first-order chi connectivity index (χ1) is 7.20. The molecule has 2 rings (SSSR count). The largest absolute Gasteiger partial charge is 0.381 e. The molecule has 0 atom stereocenters. The number of nitrogens with two attached hydrogens (primary N) is 1. The molecule has 0 bridgehead atoms. The molecule has 1 heterocycles. The Balaban J connectivity index is 2.64. The van der Waals surface area contributed by atoms with Gasteiger partial charge in [0.2, 0.25) is 0 Å². The summed E-state index contributed by atoms with van der Waals surface area (Å²) in [6, 6.07) is 6.03. The van der Waals surface area contributed by atoms with Gasteiger partial charge in [0.15, 0.2) is 11.7 Å². The number of hydrogen-bond acceptors (Lipinski definition) is 3. The molecule has 2 N–H and O–H groups in total. The number of aliphatic imine (C=N–C) groups is 1. The van der Waals surface area contributed by atoms with Crippen LogP contribution >= 0.6 is 0 Å². The van der Waals surface area contributed by atoms with Crippen LogP contribution in [0.1, 0.15) is 11.4 Å². The zero-order valence-electron chi connectivity index (χ0n) is 8.73. The number of aryl methyl sites for hydroxylation is 1. The Bertz CT molecular complexity index is 531. The molecule has 4 nitrogen and oxygen atoms in total. The molecular formula is C11H12N4. The van der Waals surface area contributed by atoms with Crippen LogP contribution in [0, 0.1) is 6.92 Å². The Morgan fingerprint density at radius 2 is 2.20 bits per heavy atom. The van der Waals surface area contributed by atoms with Gasteiger partial charge in [-0.15, -0.1) is 0 Å². The highest BCUT2D eigenvalue weighted by molar-refractivity contribution is 5.95. The van der Waals surface area contributed by atoms with Crippen LogP contribution in [-0.4, -0.2) is 22.9 Å². The van der Waals surface area contributed by atoms with E-state index in [1.807, 2.05) is 25.1 Å². The average Bonchev–Trinajstić information content (AvgIpc) is 2.27. The lowest BCUT2D eigenvalue weighted by atomic mass is 10.2. The second-order valence-corrected chi connectivity index (χ2v) is 3.36. The van der Waals surface area contributed by atoms with Crippen molar-refractivity contribution in [1.82, 2.24) is 9.97 Å². The van der Waals surface area contributed by atoms with E-state index in [4.69, 9.17) is 5.73 Å². The summed E-state index contributed by atoms with van der Waals surface area (Å²) in [6.07, 6.45) is 1.76. The number of rotatable bonds is 1. The molecule has 0 radical (unpaired) electrons. The Morgan fingerprint density at radius 1 is 1.40 bits per heavy atom. The summed E-state index contributed by atoms with van der Waals surface area (Å²) in [5.74, 6) is 0.842. The third-order valence-corrected chi connectivity index (χ3v) is 2.21. The number of hydrogen-bond donors (Lipinski definition) is 1. The second kappa shape index (κ2) is 3.65. The van der Waals surface area contributed by atoms with Crippen LogP contribution in [0.15, 0.2) is 29.4 Å². The van der Waals surface area contributed by atoms with Crippen LogP contribution in [0.2, 0.25) is 0 Å². The third kappa shape index (κ3) is 1.79. The fourth-order valence-corrected chi connectivity index (χ4v) is 1.36. The maximum atomic E-state index is 5.65. The molecule has 76 valence electrons. The summed E-state index contributed by atoms with van der Waals surface area (Å²) in [4.78, 5) is 12.3. The molecule has 0 amide bonds. The first kappa shape index (κ1) is 9.58. The topological polar surface area (TPSA) is 64.2 Å². The summed E-state index contributed by atoms with van der Waals surface area (Å²) < 4.78 is 0. The minimum atomic E-state index is 0.360. The van der Waals surface area contributed by atoms with Crippen LogP contribution in [-0.2, 0) is 0 Å². The summed E-state index contributed by atoms with van der Waals surface area (Å²) in [5, 5.41) is 1.01. The fraction of sp³-hybridized carbons (Fsp3) is 0.182. The second-order valence-electron chi connectivity index (χ2n) is 3.36. The predicted octanol–water partition coefficient (Wildman–Crippen LogP) is 1.27. The van der Waals surface area contributed by atoms with Gasteiger partial charge in [-0.1, -0.05) is 12.1 Å². The molecule has 1 aromatic carbocycles. The van der Waals surface area contributed by atoms with Gasteiger partial charge in [-0.2, -0.15) is 0 Å². The molecular weight excluding hydrogens is 188 g/mol. The maximum absolute atomic E-state index is 5.65. The molecule has 2 aromatic rings. The van der Waals surface area contributed by atoms with E-state index in [0.717, 1.165) is 10.9 Å². The standard InChI is InChI=1S/C11H12N4/c1-7-3-4-8-6-14-11(10(12)13-2)15-9(8)5-7/h3-6H,1-2H3,(H2,12,13). The minimum Gasteiger partial charge on any atom is -0.381 e. The highest BCUT2D eigenvalue weighted by Crippen LogP contribution is 2.12. The van der Waals surface area contributed by atoms with Crippen molar-refractivity contribution in [1.29, 1.82) is 0 Å². The zero-order chi connectivity index (χ0) is 10.8. The van der Waals surface area contributed by atoms with E-state index in [-0.39, 0.29) is 0 Å². The first-order valence-corrected chi connectivity index (χ1v) is 4.67. The van der Waals surface area contributed by atoms with E-state index in [1.54, 1.807) is 13.2 Å². The monoisotopic (exact) mass is 200 g/mol. The third-order valence-electron chi connectivity index (χ3n) is 2.21. The maximum Gasteiger partial charge on any atom is 0.195 e. The SMILES string of the molecule is CN=C(N)c1ncc2ccc(C)cc2n1. The Labute approximate surface area is 87.9 Å².